The van der Waals surface area contributed by atoms with Crippen molar-refractivity contribution in [2.75, 3.05) is 26.2 Å². The largest absolute Gasteiger partial charge is 0.424 e. The van der Waals surface area contributed by atoms with Crippen LogP contribution in [0.25, 0.3) is 0 Å². The second kappa shape index (κ2) is 7.23. The maximum absolute atomic E-state index is 10.5. The fourth-order valence-electron chi connectivity index (χ4n) is 3.51. The Bertz CT molecular complexity index is 686. The highest BCUT2D eigenvalue weighted by atomic mass is 16.4. The van der Waals surface area contributed by atoms with Crippen molar-refractivity contribution in [3.8, 4) is 0 Å². The van der Waals surface area contributed by atoms with Gasteiger partial charge in [-0.15, -0.1) is 10.2 Å². The van der Waals surface area contributed by atoms with Crippen LogP contribution in [-0.4, -0.2) is 57.3 Å². The van der Waals surface area contributed by atoms with Gasteiger partial charge in [-0.3, -0.25) is 9.80 Å². The van der Waals surface area contributed by atoms with Crippen LogP contribution in [0.3, 0.4) is 0 Å². The molecule has 2 aliphatic rings. The first-order valence-corrected chi connectivity index (χ1v) is 9.20. The molecule has 1 N–H and O–H groups in total. The van der Waals surface area contributed by atoms with E-state index in [0.717, 1.165) is 43.5 Å². The van der Waals surface area contributed by atoms with Crippen LogP contribution in [0.2, 0.25) is 0 Å². The minimum Gasteiger partial charge on any atom is -0.424 e. The van der Waals surface area contributed by atoms with Gasteiger partial charge in [0.15, 0.2) is 0 Å². The third-order valence-corrected chi connectivity index (χ3v) is 5.21. The van der Waals surface area contributed by atoms with Crippen molar-refractivity contribution < 1.29 is 9.52 Å². The Morgan fingerprint density at radius 3 is 2.72 bits per heavy atom. The van der Waals surface area contributed by atoms with E-state index in [1.807, 2.05) is 30.3 Å². The highest BCUT2D eigenvalue weighted by Crippen LogP contribution is 2.39. The highest BCUT2D eigenvalue weighted by molar-refractivity contribution is 5.17. The lowest BCUT2D eigenvalue weighted by atomic mass is 10.1. The van der Waals surface area contributed by atoms with Gasteiger partial charge < -0.3 is 9.52 Å². The van der Waals surface area contributed by atoms with Crippen LogP contribution in [0, 0.1) is 0 Å². The summed E-state index contributed by atoms with van der Waals surface area (Å²) in [5.74, 6) is 2.05. The summed E-state index contributed by atoms with van der Waals surface area (Å²) in [6.07, 6.45) is 1.93. The van der Waals surface area contributed by atoms with E-state index in [1.165, 1.54) is 12.8 Å². The van der Waals surface area contributed by atoms with E-state index in [4.69, 9.17) is 4.42 Å². The lowest BCUT2D eigenvalue weighted by Gasteiger charge is -2.40. The van der Waals surface area contributed by atoms with Gasteiger partial charge in [0.2, 0.25) is 11.8 Å². The van der Waals surface area contributed by atoms with E-state index in [-0.39, 0.29) is 0 Å². The molecule has 0 bridgehead atoms. The molecule has 0 radical (unpaired) electrons. The molecule has 6 heteroatoms. The first-order valence-electron chi connectivity index (χ1n) is 9.20. The zero-order chi connectivity index (χ0) is 17.2. The van der Waals surface area contributed by atoms with Crippen LogP contribution in [0.5, 0.6) is 0 Å². The summed E-state index contributed by atoms with van der Waals surface area (Å²) in [5, 5.41) is 18.8. The maximum Gasteiger partial charge on any atom is 0.230 e. The fraction of sp³-hybridized carbons (Fsp3) is 0.579. The minimum absolute atomic E-state index is 0.387. The van der Waals surface area contributed by atoms with E-state index in [1.54, 1.807) is 0 Å². The van der Waals surface area contributed by atoms with Crippen LogP contribution >= 0.6 is 0 Å². The molecule has 0 amide bonds. The third kappa shape index (κ3) is 4.08. The number of hydrogen-bond acceptors (Lipinski definition) is 6. The van der Waals surface area contributed by atoms with Crippen LogP contribution in [-0.2, 0) is 6.54 Å². The van der Waals surface area contributed by atoms with Gasteiger partial charge in [-0.25, -0.2) is 0 Å². The molecule has 2 fully saturated rings. The molecule has 1 aromatic heterocycles. The molecule has 1 aromatic carbocycles. The molecule has 2 atom stereocenters. The van der Waals surface area contributed by atoms with Crippen molar-refractivity contribution in [3.05, 3.63) is 47.7 Å². The summed E-state index contributed by atoms with van der Waals surface area (Å²) in [4.78, 5) is 4.72. The average Bonchev–Trinajstić information content (AvgIpc) is 3.38. The Kier molecular flexibility index (Phi) is 4.83. The summed E-state index contributed by atoms with van der Waals surface area (Å²) >= 11 is 0. The van der Waals surface area contributed by atoms with Gasteiger partial charge >= 0.3 is 0 Å². The van der Waals surface area contributed by atoms with Crippen molar-refractivity contribution in [2.45, 2.75) is 44.4 Å². The Morgan fingerprint density at radius 2 is 2.00 bits per heavy atom. The van der Waals surface area contributed by atoms with Gasteiger partial charge in [-0.2, -0.15) is 0 Å². The lowest BCUT2D eigenvalue weighted by Crippen LogP contribution is -2.52. The summed E-state index contributed by atoms with van der Waals surface area (Å²) in [6.45, 7) is 6.45. The molecule has 1 saturated heterocycles. The fourth-order valence-corrected chi connectivity index (χ4v) is 3.51. The summed E-state index contributed by atoms with van der Waals surface area (Å²) in [6, 6.07) is 10.3. The highest BCUT2D eigenvalue weighted by Gasteiger charge is 2.30. The van der Waals surface area contributed by atoms with E-state index < -0.39 is 6.10 Å². The standard InChI is InChI=1S/C19H26N4O2/c1-14-11-22(13-18-20-21-19(25-18)16-7-8-16)9-10-23(14)12-17(24)15-5-3-2-4-6-15/h2-6,14,16-17,24H,7-13H2,1H3/t14-,17-/m1/s1. The summed E-state index contributed by atoms with van der Waals surface area (Å²) < 4.78 is 5.78. The second-order valence-corrected chi connectivity index (χ2v) is 7.31. The predicted molar refractivity (Wildman–Crippen MR) is 94.0 cm³/mol. The van der Waals surface area contributed by atoms with Gasteiger partial charge in [0.25, 0.3) is 0 Å². The number of aliphatic hydroxyl groups is 1. The molecular formula is C19H26N4O2. The number of hydrogen-bond donors (Lipinski definition) is 1. The molecule has 0 unspecified atom stereocenters. The SMILES string of the molecule is C[C@@H]1CN(Cc2nnc(C3CC3)o2)CCN1C[C@@H](O)c1ccccc1. The quantitative estimate of drug-likeness (QED) is 0.868. The average molecular weight is 342 g/mol. The summed E-state index contributed by atoms with van der Waals surface area (Å²) in [7, 11) is 0. The van der Waals surface area contributed by atoms with Crippen molar-refractivity contribution >= 4 is 0 Å². The van der Waals surface area contributed by atoms with Crippen LogP contribution in [0.1, 0.15) is 49.1 Å². The van der Waals surface area contributed by atoms with E-state index >= 15 is 0 Å². The van der Waals surface area contributed by atoms with Crippen molar-refractivity contribution in [1.29, 1.82) is 0 Å². The van der Waals surface area contributed by atoms with Crippen molar-refractivity contribution in [1.82, 2.24) is 20.0 Å². The molecule has 4 rings (SSSR count). The molecule has 134 valence electrons. The van der Waals surface area contributed by atoms with Gasteiger partial charge in [0.05, 0.1) is 12.6 Å². The first-order chi connectivity index (χ1) is 12.2. The second-order valence-electron chi connectivity index (χ2n) is 7.31. The zero-order valence-corrected chi connectivity index (χ0v) is 14.7. The molecule has 2 aromatic rings. The smallest absolute Gasteiger partial charge is 0.230 e. The molecule has 0 spiro atoms. The van der Waals surface area contributed by atoms with Crippen molar-refractivity contribution in [3.63, 3.8) is 0 Å². The van der Waals surface area contributed by atoms with E-state index in [0.29, 0.717) is 18.5 Å². The molecule has 25 heavy (non-hydrogen) atoms. The number of β-amino-alcohol motifs (C(OH)–C–C–N with tert-alkyl or cyclic N) is 1. The van der Waals surface area contributed by atoms with Gasteiger partial charge in [0, 0.05) is 38.1 Å². The summed E-state index contributed by atoms with van der Waals surface area (Å²) in [5.41, 5.74) is 0.982. The molecule has 1 saturated carbocycles. The van der Waals surface area contributed by atoms with Gasteiger partial charge in [-0.05, 0) is 25.3 Å². The lowest BCUT2D eigenvalue weighted by molar-refractivity contribution is 0.0334. The number of aromatic nitrogens is 2. The number of nitrogens with zero attached hydrogens (tertiary/aromatic N) is 4. The molecule has 2 heterocycles. The number of piperazine rings is 1. The van der Waals surface area contributed by atoms with Crippen molar-refractivity contribution in [2.24, 2.45) is 0 Å². The minimum atomic E-state index is -0.438. The van der Waals surface area contributed by atoms with Gasteiger partial charge in [0.1, 0.15) is 0 Å². The number of rotatable bonds is 6. The Balaban J connectivity index is 1.29. The van der Waals surface area contributed by atoms with E-state index in [2.05, 4.69) is 26.9 Å². The zero-order valence-electron chi connectivity index (χ0n) is 14.7. The normalized spacial score (nSPS) is 23.7. The molecule has 1 aliphatic heterocycles. The Labute approximate surface area is 148 Å². The van der Waals surface area contributed by atoms with Gasteiger partial charge in [-0.1, -0.05) is 30.3 Å². The Hall–Kier alpha value is -1.76. The maximum atomic E-state index is 10.5. The third-order valence-electron chi connectivity index (χ3n) is 5.21. The number of benzene rings is 1. The molecular weight excluding hydrogens is 316 g/mol. The topological polar surface area (TPSA) is 65.6 Å². The van der Waals surface area contributed by atoms with E-state index in [9.17, 15) is 5.11 Å². The van der Waals surface area contributed by atoms with Crippen LogP contribution in [0.4, 0.5) is 0 Å². The van der Waals surface area contributed by atoms with Crippen LogP contribution in [0.15, 0.2) is 34.7 Å². The number of aliphatic hydroxyl groups excluding tert-OH is 1. The predicted octanol–water partition coefficient (Wildman–Crippen LogP) is 2.19. The molecule has 6 nitrogen and oxygen atoms in total. The van der Waals surface area contributed by atoms with Crippen LogP contribution < -0.4 is 0 Å². The Morgan fingerprint density at radius 1 is 1.20 bits per heavy atom. The molecule has 1 aliphatic carbocycles. The monoisotopic (exact) mass is 342 g/mol. The first kappa shape index (κ1) is 16.7.